The fraction of sp³-hybridized carbons (Fsp3) is 0.318. The summed E-state index contributed by atoms with van der Waals surface area (Å²) in [5.41, 5.74) is 0.893. The predicted octanol–water partition coefficient (Wildman–Crippen LogP) is 2.49. The third-order valence-corrected chi connectivity index (χ3v) is 3.77. The first-order valence-corrected chi connectivity index (χ1v) is 9.12. The third-order valence-electron chi connectivity index (χ3n) is 3.77. The van der Waals surface area contributed by atoms with Gasteiger partial charge in [0.15, 0.2) is 6.61 Å². The molecule has 0 aromatic heterocycles. The van der Waals surface area contributed by atoms with Crippen LogP contribution in [0.1, 0.15) is 36.7 Å². The zero-order valence-electron chi connectivity index (χ0n) is 16.4. The second-order valence-corrected chi connectivity index (χ2v) is 7.49. The van der Waals surface area contributed by atoms with Crippen LogP contribution in [0.15, 0.2) is 60.7 Å². The van der Waals surface area contributed by atoms with Gasteiger partial charge in [0.2, 0.25) is 0 Å². The molecule has 2 amide bonds. The van der Waals surface area contributed by atoms with Crippen LogP contribution >= 0.6 is 0 Å². The molecule has 0 saturated heterocycles. The molecule has 0 fully saturated rings. The van der Waals surface area contributed by atoms with E-state index >= 15 is 0 Å². The molecule has 148 valence electrons. The van der Waals surface area contributed by atoms with Gasteiger partial charge in [-0.15, -0.1) is 0 Å². The Morgan fingerprint density at radius 2 is 1.50 bits per heavy atom. The topological polar surface area (TPSA) is 84.5 Å². The lowest BCUT2D eigenvalue weighted by molar-refractivity contribution is -0.150. The van der Waals surface area contributed by atoms with Gasteiger partial charge >= 0.3 is 5.97 Å². The Kier molecular flexibility index (Phi) is 7.32. The summed E-state index contributed by atoms with van der Waals surface area (Å²) in [7, 11) is 0. The Labute approximate surface area is 165 Å². The minimum Gasteiger partial charge on any atom is -0.454 e. The van der Waals surface area contributed by atoms with Crippen molar-refractivity contribution in [3.63, 3.8) is 0 Å². The first-order valence-electron chi connectivity index (χ1n) is 9.12. The highest BCUT2D eigenvalue weighted by Crippen LogP contribution is 2.07. The fourth-order valence-electron chi connectivity index (χ4n) is 2.57. The van der Waals surface area contributed by atoms with Crippen molar-refractivity contribution < 1.29 is 19.1 Å². The second kappa shape index (κ2) is 9.69. The number of esters is 1. The SMILES string of the molecule is CC(C)(C)NC(=O)COC(=O)[C@@H](Cc1ccccc1)NC(=O)c1ccccc1. The zero-order valence-corrected chi connectivity index (χ0v) is 16.4. The largest absolute Gasteiger partial charge is 0.454 e. The maximum atomic E-state index is 12.6. The maximum absolute atomic E-state index is 12.6. The van der Waals surface area contributed by atoms with Crippen LogP contribution < -0.4 is 10.6 Å². The van der Waals surface area contributed by atoms with Crippen LogP contribution in [0, 0.1) is 0 Å². The molecule has 0 radical (unpaired) electrons. The first-order chi connectivity index (χ1) is 13.2. The number of ether oxygens (including phenoxy) is 1. The molecule has 0 aliphatic carbocycles. The van der Waals surface area contributed by atoms with Crippen molar-refractivity contribution in [1.29, 1.82) is 0 Å². The Morgan fingerprint density at radius 3 is 2.07 bits per heavy atom. The Morgan fingerprint density at radius 1 is 0.929 bits per heavy atom. The van der Waals surface area contributed by atoms with Crippen LogP contribution in [-0.2, 0) is 20.7 Å². The molecule has 6 heteroatoms. The van der Waals surface area contributed by atoms with Gasteiger partial charge in [0, 0.05) is 17.5 Å². The molecule has 2 N–H and O–H groups in total. The molecule has 1 atom stereocenters. The fourth-order valence-corrected chi connectivity index (χ4v) is 2.57. The quantitative estimate of drug-likeness (QED) is 0.721. The van der Waals surface area contributed by atoms with Crippen LogP contribution in [0.25, 0.3) is 0 Å². The van der Waals surface area contributed by atoms with Crippen molar-refractivity contribution >= 4 is 17.8 Å². The van der Waals surface area contributed by atoms with E-state index in [-0.39, 0.29) is 12.3 Å². The summed E-state index contributed by atoms with van der Waals surface area (Å²) in [6, 6.07) is 17.0. The van der Waals surface area contributed by atoms with Crippen molar-refractivity contribution in [1.82, 2.24) is 10.6 Å². The van der Waals surface area contributed by atoms with E-state index in [4.69, 9.17) is 4.74 Å². The molecule has 0 spiro atoms. The van der Waals surface area contributed by atoms with Gasteiger partial charge in [0.1, 0.15) is 6.04 Å². The summed E-state index contributed by atoms with van der Waals surface area (Å²) >= 11 is 0. The van der Waals surface area contributed by atoms with Crippen LogP contribution in [0.3, 0.4) is 0 Å². The predicted molar refractivity (Wildman–Crippen MR) is 107 cm³/mol. The van der Waals surface area contributed by atoms with Crippen molar-refractivity contribution in [3.05, 3.63) is 71.8 Å². The lowest BCUT2D eigenvalue weighted by atomic mass is 10.1. The lowest BCUT2D eigenvalue weighted by Crippen LogP contribution is -2.46. The Hall–Kier alpha value is -3.15. The molecule has 0 saturated carbocycles. The van der Waals surface area contributed by atoms with Gasteiger partial charge in [-0.25, -0.2) is 4.79 Å². The number of carbonyl (C=O) groups excluding carboxylic acids is 3. The van der Waals surface area contributed by atoms with Crippen molar-refractivity contribution in [2.75, 3.05) is 6.61 Å². The highest BCUT2D eigenvalue weighted by molar-refractivity contribution is 5.97. The molecule has 0 heterocycles. The molecule has 0 bridgehead atoms. The van der Waals surface area contributed by atoms with E-state index in [2.05, 4.69) is 10.6 Å². The summed E-state index contributed by atoms with van der Waals surface area (Å²) in [4.78, 5) is 37.0. The highest BCUT2D eigenvalue weighted by Gasteiger charge is 2.24. The van der Waals surface area contributed by atoms with Crippen LogP contribution in [0.5, 0.6) is 0 Å². The zero-order chi connectivity index (χ0) is 20.6. The van der Waals surface area contributed by atoms with Crippen molar-refractivity contribution in [2.45, 2.75) is 38.8 Å². The molecular formula is C22H26N2O4. The number of benzene rings is 2. The second-order valence-electron chi connectivity index (χ2n) is 7.49. The Bertz CT molecular complexity index is 798. The molecule has 0 aliphatic heterocycles. The number of hydrogen-bond donors (Lipinski definition) is 2. The average molecular weight is 382 g/mol. The van der Waals surface area contributed by atoms with Crippen molar-refractivity contribution in [2.24, 2.45) is 0 Å². The van der Waals surface area contributed by atoms with E-state index in [1.54, 1.807) is 30.3 Å². The summed E-state index contributed by atoms with van der Waals surface area (Å²) in [5.74, 6) is -1.43. The Balaban J connectivity index is 2.05. The summed E-state index contributed by atoms with van der Waals surface area (Å²) in [5, 5.41) is 5.43. The summed E-state index contributed by atoms with van der Waals surface area (Å²) < 4.78 is 5.16. The van der Waals surface area contributed by atoms with E-state index in [1.165, 1.54) is 0 Å². The van der Waals surface area contributed by atoms with Gasteiger partial charge in [0.05, 0.1) is 0 Å². The molecule has 0 aliphatic rings. The number of hydrogen-bond acceptors (Lipinski definition) is 4. The van der Waals surface area contributed by atoms with Gasteiger partial charge in [-0.2, -0.15) is 0 Å². The van der Waals surface area contributed by atoms with Crippen molar-refractivity contribution in [3.8, 4) is 0 Å². The first kappa shape index (κ1) is 21.2. The lowest BCUT2D eigenvalue weighted by Gasteiger charge is -2.21. The van der Waals surface area contributed by atoms with Crippen LogP contribution in [0.2, 0.25) is 0 Å². The number of rotatable bonds is 7. The van der Waals surface area contributed by atoms with E-state index in [0.717, 1.165) is 5.56 Å². The van der Waals surface area contributed by atoms with E-state index in [1.807, 2.05) is 51.1 Å². The molecule has 2 aromatic rings. The summed E-state index contributed by atoms with van der Waals surface area (Å²) in [6.45, 7) is 5.11. The molecule has 2 rings (SSSR count). The van der Waals surface area contributed by atoms with Gasteiger partial charge < -0.3 is 15.4 Å². The van der Waals surface area contributed by atoms with Gasteiger partial charge in [0.25, 0.3) is 11.8 Å². The molecule has 6 nitrogen and oxygen atoms in total. The van der Waals surface area contributed by atoms with Gasteiger partial charge in [-0.3, -0.25) is 9.59 Å². The molecular weight excluding hydrogens is 356 g/mol. The molecule has 0 unspecified atom stereocenters. The third kappa shape index (κ3) is 7.23. The number of nitrogens with one attached hydrogen (secondary N) is 2. The molecule has 28 heavy (non-hydrogen) atoms. The molecule has 2 aromatic carbocycles. The van der Waals surface area contributed by atoms with Crippen LogP contribution in [-0.4, -0.2) is 36.0 Å². The monoisotopic (exact) mass is 382 g/mol. The van der Waals surface area contributed by atoms with Gasteiger partial charge in [-0.05, 0) is 38.5 Å². The number of amides is 2. The van der Waals surface area contributed by atoms with E-state index < -0.39 is 30.1 Å². The smallest absolute Gasteiger partial charge is 0.329 e. The normalized spacial score (nSPS) is 12.0. The minimum atomic E-state index is -0.905. The standard InChI is InChI=1S/C22H26N2O4/c1-22(2,3)24-19(25)15-28-21(27)18(14-16-10-6-4-7-11-16)23-20(26)17-12-8-5-9-13-17/h4-13,18H,14-15H2,1-3H3,(H,23,26)(H,24,25)/t18-/m1/s1. The van der Waals surface area contributed by atoms with E-state index in [9.17, 15) is 14.4 Å². The van der Waals surface area contributed by atoms with Crippen LogP contribution in [0.4, 0.5) is 0 Å². The number of carbonyl (C=O) groups is 3. The highest BCUT2D eigenvalue weighted by atomic mass is 16.5. The average Bonchev–Trinajstić information content (AvgIpc) is 2.65. The van der Waals surface area contributed by atoms with Gasteiger partial charge in [-0.1, -0.05) is 48.5 Å². The summed E-state index contributed by atoms with van der Waals surface area (Å²) in [6.07, 6.45) is 0.263. The minimum absolute atomic E-state index is 0.263. The van der Waals surface area contributed by atoms with E-state index in [0.29, 0.717) is 5.56 Å². The maximum Gasteiger partial charge on any atom is 0.329 e.